The van der Waals surface area contributed by atoms with Crippen LogP contribution in [-0.2, 0) is 0 Å². The molecule has 5 nitrogen and oxygen atoms in total. The molecule has 0 aliphatic heterocycles. The zero-order valence-electron chi connectivity index (χ0n) is 7.73. The van der Waals surface area contributed by atoms with Crippen LogP contribution in [-0.4, -0.2) is 16.2 Å². The number of nitro benzene ring substituents is 1. The molecule has 1 atom stereocenters. The molecule has 0 aliphatic carbocycles. The van der Waals surface area contributed by atoms with Crippen molar-refractivity contribution in [2.75, 3.05) is 0 Å². The van der Waals surface area contributed by atoms with E-state index in [2.05, 4.69) is 0 Å². The van der Waals surface area contributed by atoms with Gasteiger partial charge in [-0.2, -0.15) is 13.2 Å². The van der Waals surface area contributed by atoms with Gasteiger partial charge in [0.05, 0.1) is 4.92 Å². The average Bonchev–Trinajstić information content (AvgIpc) is 2.14. The Morgan fingerprint density at radius 3 is 2.38 bits per heavy atom. The van der Waals surface area contributed by atoms with E-state index in [1.807, 2.05) is 0 Å². The lowest BCUT2D eigenvalue weighted by molar-refractivity contribution is -0.385. The van der Waals surface area contributed by atoms with Crippen molar-refractivity contribution in [3.63, 3.8) is 0 Å². The molecule has 0 aliphatic rings. The molecular weight excluding hydrogens is 229 g/mol. The molecule has 3 N–H and O–H groups in total. The normalized spacial score (nSPS) is 13.5. The van der Waals surface area contributed by atoms with Crippen molar-refractivity contribution in [3.8, 4) is 5.75 Å². The number of benzene rings is 1. The number of phenolic OH excluding ortho intramolecular Hbond substituents is 1. The number of nitro groups is 1. The molecular formula is C8H7F3N2O3. The second-order valence-electron chi connectivity index (χ2n) is 3.02. The minimum absolute atomic E-state index is 0.435. The molecule has 1 aromatic carbocycles. The predicted octanol–water partition coefficient (Wildman–Crippen LogP) is 1.86. The SMILES string of the molecule is N[C@@H](c1ccc([N+](=O)[O-])c(O)c1)C(F)(F)F. The summed E-state index contributed by atoms with van der Waals surface area (Å²) in [6, 6.07) is -0.0121. The molecule has 88 valence electrons. The standard InChI is InChI=1S/C8H7F3N2O3/c9-8(10,11)7(12)4-1-2-5(13(15)16)6(14)3-4/h1-3,7,14H,12H2/t7-/m0/s1. The Labute approximate surface area is 87.4 Å². The molecule has 0 spiro atoms. The van der Waals surface area contributed by atoms with Gasteiger partial charge >= 0.3 is 11.9 Å². The summed E-state index contributed by atoms with van der Waals surface area (Å²) in [5.41, 5.74) is 3.76. The van der Waals surface area contributed by atoms with Crippen molar-refractivity contribution < 1.29 is 23.2 Å². The van der Waals surface area contributed by atoms with Crippen molar-refractivity contribution in [1.29, 1.82) is 0 Å². The Kier molecular flexibility index (Phi) is 3.04. The van der Waals surface area contributed by atoms with E-state index in [1.165, 1.54) is 0 Å². The van der Waals surface area contributed by atoms with Gasteiger partial charge in [0.25, 0.3) is 0 Å². The van der Waals surface area contributed by atoms with Gasteiger partial charge in [-0.1, -0.05) is 6.07 Å². The first-order chi connectivity index (χ1) is 7.23. The number of nitrogens with two attached hydrogens (primary N) is 1. The second kappa shape index (κ2) is 3.97. The lowest BCUT2D eigenvalue weighted by Gasteiger charge is -2.15. The molecule has 0 saturated heterocycles. The van der Waals surface area contributed by atoms with E-state index in [1.54, 1.807) is 0 Å². The Morgan fingerprint density at radius 1 is 1.44 bits per heavy atom. The van der Waals surface area contributed by atoms with Crippen molar-refractivity contribution in [3.05, 3.63) is 33.9 Å². The van der Waals surface area contributed by atoms with Crippen LogP contribution in [0.1, 0.15) is 11.6 Å². The highest BCUT2D eigenvalue weighted by Gasteiger charge is 2.38. The Balaban J connectivity index is 3.11. The van der Waals surface area contributed by atoms with Crippen LogP contribution in [0.3, 0.4) is 0 Å². The summed E-state index contributed by atoms with van der Waals surface area (Å²) in [6.45, 7) is 0. The van der Waals surface area contributed by atoms with Crippen LogP contribution in [0, 0.1) is 10.1 Å². The third-order valence-corrected chi connectivity index (χ3v) is 1.91. The van der Waals surface area contributed by atoms with Crippen LogP contribution < -0.4 is 5.73 Å². The monoisotopic (exact) mass is 236 g/mol. The van der Waals surface area contributed by atoms with Gasteiger partial charge in [0.15, 0.2) is 5.75 Å². The van der Waals surface area contributed by atoms with Crippen LogP contribution in [0.4, 0.5) is 18.9 Å². The number of aromatic hydroxyl groups is 1. The topological polar surface area (TPSA) is 89.4 Å². The van der Waals surface area contributed by atoms with E-state index < -0.39 is 34.1 Å². The fourth-order valence-corrected chi connectivity index (χ4v) is 1.08. The summed E-state index contributed by atoms with van der Waals surface area (Å²) in [6.07, 6.45) is -4.66. The van der Waals surface area contributed by atoms with Gasteiger partial charge in [0.2, 0.25) is 0 Å². The van der Waals surface area contributed by atoms with Gasteiger partial charge in [0.1, 0.15) is 6.04 Å². The lowest BCUT2D eigenvalue weighted by Crippen LogP contribution is -2.28. The molecule has 0 heterocycles. The largest absolute Gasteiger partial charge is 0.502 e. The minimum Gasteiger partial charge on any atom is -0.502 e. The van der Waals surface area contributed by atoms with Gasteiger partial charge in [-0.25, -0.2) is 0 Å². The van der Waals surface area contributed by atoms with Gasteiger partial charge < -0.3 is 10.8 Å². The molecule has 1 rings (SSSR count). The number of hydrogen-bond donors (Lipinski definition) is 2. The van der Waals surface area contributed by atoms with E-state index in [9.17, 15) is 23.3 Å². The zero-order valence-corrected chi connectivity index (χ0v) is 7.73. The van der Waals surface area contributed by atoms with Gasteiger partial charge in [-0.3, -0.25) is 10.1 Å². The van der Waals surface area contributed by atoms with Crippen LogP contribution in [0.25, 0.3) is 0 Å². The molecule has 0 fully saturated rings. The quantitative estimate of drug-likeness (QED) is 0.605. The summed E-state index contributed by atoms with van der Waals surface area (Å²) >= 11 is 0. The molecule has 0 bridgehead atoms. The summed E-state index contributed by atoms with van der Waals surface area (Å²) in [5, 5.41) is 19.4. The van der Waals surface area contributed by atoms with Crippen molar-refractivity contribution >= 4 is 5.69 Å². The van der Waals surface area contributed by atoms with E-state index in [-0.39, 0.29) is 0 Å². The Bertz CT molecular complexity index is 419. The summed E-state index contributed by atoms with van der Waals surface area (Å²) in [4.78, 5) is 9.39. The fraction of sp³-hybridized carbons (Fsp3) is 0.250. The fourth-order valence-electron chi connectivity index (χ4n) is 1.08. The van der Waals surface area contributed by atoms with Crippen LogP contribution in [0.5, 0.6) is 5.75 Å². The highest BCUT2D eigenvalue weighted by molar-refractivity contribution is 5.48. The Morgan fingerprint density at radius 2 is 2.00 bits per heavy atom. The molecule has 1 aromatic rings. The zero-order chi connectivity index (χ0) is 12.5. The third kappa shape index (κ3) is 2.40. The highest BCUT2D eigenvalue weighted by atomic mass is 19.4. The first-order valence-electron chi connectivity index (χ1n) is 4.03. The van der Waals surface area contributed by atoms with Gasteiger partial charge in [0, 0.05) is 6.07 Å². The van der Waals surface area contributed by atoms with Crippen LogP contribution in [0.2, 0.25) is 0 Å². The first kappa shape index (κ1) is 12.2. The van der Waals surface area contributed by atoms with Crippen LogP contribution >= 0.6 is 0 Å². The molecule has 0 amide bonds. The molecule has 0 radical (unpaired) electrons. The second-order valence-corrected chi connectivity index (χ2v) is 3.02. The maximum Gasteiger partial charge on any atom is 0.407 e. The maximum absolute atomic E-state index is 12.2. The summed E-state index contributed by atoms with van der Waals surface area (Å²) in [7, 11) is 0. The van der Waals surface area contributed by atoms with Gasteiger partial charge in [-0.15, -0.1) is 0 Å². The number of nitrogens with zero attached hydrogens (tertiary/aromatic N) is 1. The molecule has 0 aromatic heterocycles. The van der Waals surface area contributed by atoms with E-state index in [0.29, 0.717) is 6.07 Å². The summed E-state index contributed by atoms with van der Waals surface area (Å²) < 4.78 is 36.6. The van der Waals surface area contributed by atoms with Gasteiger partial charge in [-0.05, 0) is 11.6 Å². The minimum atomic E-state index is -4.66. The number of alkyl halides is 3. The number of halogens is 3. The number of hydrogen-bond acceptors (Lipinski definition) is 4. The van der Waals surface area contributed by atoms with Crippen molar-refractivity contribution in [1.82, 2.24) is 0 Å². The molecule has 16 heavy (non-hydrogen) atoms. The van der Waals surface area contributed by atoms with Crippen LogP contribution in [0.15, 0.2) is 18.2 Å². The maximum atomic E-state index is 12.2. The lowest BCUT2D eigenvalue weighted by atomic mass is 10.1. The number of phenols is 1. The molecule has 0 saturated carbocycles. The average molecular weight is 236 g/mol. The van der Waals surface area contributed by atoms with Crippen molar-refractivity contribution in [2.45, 2.75) is 12.2 Å². The highest BCUT2D eigenvalue weighted by Crippen LogP contribution is 2.34. The third-order valence-electron chi connectivity index (χ3n) is 1.91. The van der Waals surface area contributed by atoms with E-state index in [4.69, 9.17) is 10.8 Å². The molecule has 0 unspecified atom stereocenters. The predicted molar refractivity (Wildman–Crippen MR) is 47.7 cm³/mol. The van der Waals surface area contributed by atoms with Crippen molar-refractivity contribution in [2.24, 2.45) is 5.73 Å². The smallest absolute Gasteiger partial charge is 0.407 e. The Hall–Kier alpha value is -1.83. The van der Waals surface area contributed by atoms with E-state index >= 15 is 0 Å². The van der Waals surface area contributed by atoms with E-state index in [0.717, 1.165) is 12.1 Å². The number of rotatable bonds is 2. The molecule has 8 heteroatoms. The first-order valence-corrected chi connectivity index (χ1v) is 4.03. The summed E-state index contributed by atoms with van der Waals surface area (Å²) in [5.74, 6) is -0.845.